The Morgan fingerprint density at radius 2 is 1.79 bits per heavy atom. The molecule has 0 aliphatic carbocycles. The first-order chi connectivity index (χ1) is 6.65. The van der Waals surface area contributed by atoms with Crippen molar-refractivity contribution in [3.63, 3.8) is 0 Å². The van der Waals surface area contributed by atoms with E-state index in [1.54, 1.807) is 6.92 Å². The predicted molar refractivity (Wildman–Crippen MR) is 61.7 cm³/mol. The lowest BCUT2D eigenvalue weighted by atomic mass is 10.1. The van der Waals surface area contributed by atoms with Crippen molar-refractivity contribution in [1.82, 2.24) is 0 Å². The molecule has 0 amide bonds. The van der Waals surface area contributed by atoms with Crippen molar-refractivity contribution in [2.24, 2.45) is 0 Å². The minimum Gasteiger partial charge on any atom is -0.193 e. The Morgan fingerprint density at radius 3 is 2.21 bits per heavy atom. The summed E-state index contributed by atoms with van der Waals surface area (Å²) < 4.78 is 0. The van der Waals surface area contributed by atoms with Gasteiger partial charge in [-0.1, -0.05) is 24.3 Å². The summed E-state index contributed by atoms with van der Waals surface area (Å²) in [7, 11) is 0. The summed E-state index contributed by atoms with van der Waals surface area (Å²) in [5.41, 5.74) is 3.08. The van der Waals surface area contributed by atoms with E-state index in [9.17, 15) is 0 Å². The van der Waals surface area contributed by atoms with Crippen molar-refractivity contribution in [2.45, 2.75) is 27.7 Å². The molecule has 0 aliphatic rings. The summed E-state index contributed by atoms with van der Waals surface area (Å²) in [5, 5.41) is 8.57. The molecule has 1 nitrogen and oxygen atoms in total. The van der Waals surface area contributed by atoms with Crippen LogP contribution in [0.5, 0.6) is 0 Å². The van der Waals surface area contributed by atoms with Crippen LogP contribution in [0.3, 0.4) is 0 Å². The second-order valence-electron chi connectivity index (χ2n) is 3.06. The molecule has 0 bridgehead atoms. The first kappa shape index (κ1) is 12.4. The molecule has 74 valence electrons. The molecular formula is C13H17N. The number of hydrogen-bond donors (Lipinski definition) is 0. The lowest BCUT2D eigenvalue weighted by molar-refractivity contribution is 1.38. The molecule has 0 N–H and O–H groups in total. The molecule has 1 heteroatoms. The highest BCUT2D eigenvalue weighted by Gasteiger charge is 1.91. The summed E-state index contributed by atoms with van der Waals surface area (Å²) in [6.45, 7) is 7.84. The molecule has 0 aromatic heterocycles. The van der Waals surface area contributed by atoms with Crippen LogP contribution in [0.15, 0.2) is 47.1 Å². The summed E-state index contributed by atoms with van der Waals surface area (Å²) in [6, 6.07) is 2.09. The van der Waals surface area contributed by atoms with Crippen LogP contribution >= 0.6 is 0 Å². The summed E-state index contributed by atoms with van der Waals surface area (Å²) in [6.07, 6.45) is 9.92. The Bertz CT molecular complexity index is 333. The van der Waals surface area contributed by atoms with Gasteiger partial charge in [-0.25, -0.2) is 0 Å². The Kier molecular flexibility index (Phi) is 6.15. The smallest absolute Gasteiger partial charge is 0.0944 e. The van der Waals surface area contributed by atoms with Crippen LogP contribution in [0.2, 0.25) is 0 Å². The molecular weight excluding hydrogens is 170 g/mol. The van der Waals surface area contributed by atoms with Gasteiger partial charge in [0.2, 0.25) is 0 Å². The third-order valence-electron chi connectivity index (χ3n) is 1.87. The van der Waals surface area contributed by atoms with Gasteiger partial charge in [-0.15, -0.1) is 0 Å². The maximum absolute atomic E-state index is 8.57. The van der Waals surface area contributed by atoms with Gasteiger partial charge in [0.1, 0.15) is 0 Å². The second-order valence-corrected chi connectivity index (χ2v) is 3.06. The van der Waals surface area contributed by atoms with Crippen LogP contribution in [0.1, 0.15) is 27.7 Å². The van der Waals surface area contributed by atoms with E-state index < -0.39 is 0 Å². The average molecular weight is 187 g/mol. The van der Waals surface area contributed by atoms with Gasteiger partial charge in [0.05, 0.1) is 6.07 Å². The van der Waals surface area contributed by atoms with E-state index in [1.165, 1.54) is 11.1 Å². The molecule has 0 radical (unpaired) electrons. The SMILES string of the molecule is CC=C(/C=C\C)/C(C)=C\C=C(/C)C#N. The maximum atomic E-state index is 8.57. The van der Waals surface area contributed by atoms with E-state index in [4.69, 9.17) is 5.26 Å². The van der Waals surface area contributed by atoms with Crippen LogP contribution < -0.4 is 0 Å². The normalized spacial score (nSPS) is 14.6. The zero-order valence-corrected chi connectivity index (χ0v) is 9.33. The lowest BCUT2D eigenvalue weighted by Crippen LogP contribution is -1.80. The van der Waals surface area contributed by atoms with E-state index in [-0.39, 0.29) is 0 Å². The highest BCUT2D eigenvalue weighted by Crippen LogP contribution is 2.11. The summed E-state index contributed by atoms with van der Waals surface area (Å²) in [4.78, 5) is 0. The standard InChI is InChI=1S/C13H17N/c1-5-7-13(6-2)12(4)9-8-11(3)10-14/h5-9H,1-4H3/b7-5-,11-8+,12-9-,13-6?. The fraction of sp³-hybridized carbons (Fsp3) is 0.308. The van der Waals surface area contributed by atoms with Gasteiger partial charge in [-0.3, -0.25) is 0 Å². The minimum atomic E-state index is 0.722. The quantitative estimate of drug-likeness (QED) is 0.485. The van der Waals surface area contributed by atoms with E-state index in [1.807, 2.05) is 39.0 Å². The molecule has 14 heavy (non-hydrogen) atoms. The lowest BCUT2D eigenvalue weighted by Gasteiger charge is -1.99. The minimum absolute atomic E-state index is 0.722. The summed E-state index contributed by atoms with van der Waals surface area (Å²) in [5.74, 6) is 0. The van der Waals surface area contributed by atoms with Crippen LogP contribution in [0, 0.1) is 11.3 Å². The molecule has 0 aromatic rings. The van der Waals surface area contributed by atoms with Crippen LogP contribution in [-0.4, -0.2) is 0 Å². The van der Waals surface area contributed by atoms with Crippen molar-refractivity contribution in [2.75, 3.05) is 0 Å². The topological polar surface area (TPSA) is 23.8 Å². The predicted octanol–water partition coefficient (Wildman–Crippen LogP) is 3.92. The third-order valence-corrected chi connectivity index (χ3v) is 1.87. The molecule has 0 fully saturated rings. The number of nitriles is 1. The molecule has 0 saturated heterocycles. The molecule has 0 atom stereocenters. The highest BCUT2D eigenvalue weighted by molar-refractivity contribution is 5.40. The number of rotatable bonds is 3. The van der Waals surface area contributed by atoms with Gasteiger partial charge < -0.3 is 0 Å². The zero-order valence-electron chi connectivity index (χ0n) is 9.33. The maximum Gasteiger partial charge on any atom is 0.0944 e. The molecule has 0 aliphatic heterocycles. The molecule has 0 saturated carbocycles. The third kappa shape index (κ3) is 4.47. The fourth-order valence-electron chi connectivity index (χ4n) is 1.02. The average Bonchev–Trinajstić information content (AvgIpc) is 2.21. The number of allylic oxidation sites excluding steroid dienone is 8. The molecule has 0 aromatic carbocycles. The second kappa shape index (κ2) is 6.91. The Hall–Kier alpha value is -1.55. The first-order valence-corrected chi connectivity index (χ1v) is 4.70. The fourth-order valence-corrected chi connectivity index (χ4v) is 1.02. The van der Waals surface area contributed by atoms with Gasteiger partial charge in [-0.05, 0) is 44.9 Å². The van der Waals surface area contributed by atoms with Crippen LogP contribution in [0.25, 0.3) is 0 Å². The molecule has 0 unspecified atom stereocenters. The van der Waals surface area contributed by atoms with Gasteiger partial charge >= 0.3 is 0 Å². The van der Waals surface area contributed by atoms with Crippen molar-refractivity contribution in [3.8, 4) is 6.07 Å². The van der Waals surface area contributed by atoms with E-state index in [2.05, 4.69) is 18.2 Å². The number of hydrogen-bond acceptors (Lipinski definition) is 1. The zero-order chi connectivity index (χ0) is 11.0. The van der Waals surface area contributed by atoms with Crippen molar-refractivity contribution in [3.05, 3.63) is 47.1 Å². The van der Waals surface area contributed by atoms with Crippen molar-refractivity contribution < 1.29 is 0 Å². The van der Waals surface area contributed by atoms with E-state index in [0.29, 0.717) is 0 Å². The van der Waals surface area contributed by atoms with Crippen LogP contribution in [0.4, 0.5) is 0 Å². The van der Waals surface area contributed by atoms with Gasteiger partial charge in [0.15, 0.2) is 0 Å². The Labute approximate surface area is 86.8 Å². The monoisotopic (exact) mass is 187 g/mol. The van der Waals surface area contributed by atoms with Gasteiger partial charge in [-0.2, -0.15) is 5.26 Å². The van der Waals surface area contributed by atoms with Gasteiger partial charge in [0.25, 0.3) is 0 Å². The van der Waals surface area contributed by atoms with Crippen LogP contribution in [-0.2, 0) is 0 Å². The Balaban J connectivity index is 4.78. The molecule has 0 rings (SSSR count). The van der Waals surface area contributed by atoms with E-state index in [0.717, 1.165) is 5.57 Å². The van der Waals surface area contributed by atoms with E-state index >= 15 is 0 Å². The summed E-state index contributed by atoms with van der Waals surface area (Å²) >= 11 is 0. The Morgan fingerprint density at radius 1 is 1.14 bits per heavy atom. The molecule has 0 spiro atoms. The van der Waals surface area contributed by atoms with Crippen molar-refractivity contribution in [1.29, 1.82) is 5.26 Å². The highest BCUT2D eigenvalue weighted by atomic mass is 14.2. The largest absolute Gasteiger partial charge is 0.193 e. The van der Waals surface area contributed by atoms with Crippen molar-refractivity contribution >= 4 is 0 Å². The number of nitrogens with zero attached hydrogens (tertiary/aromatic N) is 1. The van der Waals surface area contributed by atoms with Gasteiger partial charge in [0, 0.05) is 5.57 Å². The first-order valence-electron chi connectivity index (χ1n) is 4.70. The molecule has 0 heterocycles.